The number of nitrogens with one attached hydrogen (secondary N) is 1. The fraction of sp³-hybridized carbons (Fsp3) is 0.292. The van der Waals surface area contributed by atoms with Gasteiger partial charge in [-0.25, -0.2) is 0 Å². The van der Waals surface area contributed by atoms with Crippen LogP contribution in [-0.4, -0.2) is 21.8 Å². The summed E-state index contributed by atoms with van der Waals surface area (Å²) in [4.78, 5) is 1.89. The standard InChI is InChI=1S/C24H29N3OS/c1-7-18-9-12-23(28)21(13-18)17(5)27(24(29)25-6)19-10-11-22-20(14-19)15(3)16(4)26(22)8-2/h9-14,28H,5,7-8H2,1-4,6H3,(H,25,29). The minimum atomic E-state index is 0.196. The molecule has 3 rings (SSSR count). The molecule has 0 aliphatic heterocycles. The Kier molecular flexibility index (Phi) is 5.99. The van der Waals surface area contributed by atoms with Gasteiger partial charge in [0.2, 0.25) is 0 Å². The van der Waals surface area contributed by atoms with Crippen LogP contribution >= 0.6 is 12.2 Å². The Bertz CT molecular complexity index is 1100. The molecule has 1 aromatic heterocycles. The Hall–Kier alpha value is -2.79. The monoisotopic (exact) mass is 407 g/mol. The normalized spacial score (nSPS) is 10.9. The lowest BCUT2D eigenvalue weighted by atomic mass is 10.0. The Balaban J connectivity index is 2.16. The molecular weight excluding hydrogens is 378 g/mol. The molecule has 0 spiro atoms. The van der Waals surface area contributed by atoms with E-state index >= 15 is 0 Å². The zero-order chi connectivity index (χ0) is 21.3. The van der Waals surface area contributed by atoms with Crippen molar-refractivity contribution in [3.05, 3.63) is 65.4 Å². The molecule has 0 radical (unpaired) electrons. The fourth-order valence-electron chi connectivity index (χ4n) is 3.85. The first kappa shape index (κ1) is 20.9. The molecule has 29 heavy (non-hydrogen) atoms. The summed E-state index contributed by atoms with van der Waals surface area (Å²) in [7, 11) is 1.80. The molecule has 0 saturated heterocycles. The van der Waals surface area contributed by atoms with Crippen LogP contribution in [0.5, 0.6) is 5.75 Å². The van der Waals surface area contributed by atoms with Gasteiger partial charge in [0, 0.05) is 41.4 Å². The van der Waals surface area contributed by atoms with E-state index in [9.17, 15) is 5.11 Å². The number of nitrogens with zero attached hydrogens (tertiary/aromatic N) is 2. The molecule has 5 heteroatoms. The van der Waals surface area contributed by atoms with Gasteiger partial charge in [-0.05, 0) is 80.9 Å². The van der Waals surface area contributed by atoms with E-state index in [4.69, 9.17) is 12.2 Å². The van der Waals surface area contributed by atoms with Crippen molar-refractivity contribution in [3.8, 4) is 5.75 Å². The van der Waals surface area contributed by atoms with Crippen molar-refractivity contribution >= 4 is 39.6 Å². The molecule has 4 nitrogen and oxygen atoms in total. The lowest BCUT2D eigenvalue weighted by Crippen LogP contribution is -2.36. The van der Waals surface area contributed by atoms with E-state index in [1.807, 2.05) is 17.0 Å². The number of rotatable bonds is 5. The molecule has 0 fully saturated rings. The maximum absolute atomic E-state index is 10.5. The van der Waals surface area contributed by atoms with Crippen molar-refractivity contribution in [3.63, 3.8) is 0 Å². The number of fused-ring (bicyclic) bond motifs is 1. The topological polar surface area (TPSA) is 40.4 Å². The van der Waals surface area contributed by atoms with Gasteiger partial charge >= 0.3 is 0 Å². The summed E-state index contributed by atoms with van der Waals surface area (Å²) in [5.74, 6) is 0.196. The van der Waals surface area contributed by atoms with Gasteiger partial charge in [0.15, 0.2) is 5.11 Å². The SMILES string of the molecule is C=C(c1cc(CC)ccc1O)N(C(=S)NC)c1ccc2c(c1)c(C)c(C)n2CC. The predicted octanol–water partition coefficient (Wildman–Crippen LogP) is 5.53. The van der Waals surface area contributed by atoms with Crippen LogP contribution in [0.15, 0.2) is 43.0 Å². The van der Waals surface area contributed by atoms with E-state index in [1.165, 1.54) is 22.2 Å². The molecule has 3 aromatic rings. The highest BCUT2D eigenvalue weighted by molar-refractivity contribution is 7.80. The maximum Gasteiger partial charge on any atom is 0.177 e. The minimum Gasteiger partial charge on any atom is -0.507 e. The number of hydrogen-bond donors (Lipinski definition) is 2. The van der Waals surface area contributed by atoms with Crippen molar-refractivity contribution in [1.29, 1.82) is 0 Å². The molecule has 0 unspecified atom stereocenters. The van der Waals surface area contributed by atoms with E-state index in [0.717, 1.165) is 24.2 Å². The lowest BCUT2D eigenvalue weighted by molar-refractivity contribution is 0.473. The molecule has 1 heterocycles. The number of benzene rings is 2. The highest BCUT2D eigenvalue weighted by atomic mass is 32.1. The molecule has 0 aliphatic carbocycles. The molecular formula is C24H29N3OS. The molecule has 0 aliphatic rings. The second-order valence-electron chi connectivity index (χ2n) is 7.20. The molecule has 0 bridgehead atoms. The van der Waals surface area contributed by atoms with Crippen molar-refractivity contribution in [2.45, 2.75) is 40.7 Å². The van der Waals surface area contributed by atoms with Gasteiger partial charge in [0.25, 0.3) is 0 Å². The highest BCUT2D eigenvalue weighted by Crippen LogP contribution is 2.35. The third-order valence-corrected chi connectivity index (χ3v) is 6.05. The number of hydrogen-bond acceptors (Lipinski definition) is 2. The molecule has 2 N–H and O–H groups in total. The number of phenolic OH excluding ortho intramolecular Hbond substituents is 1. The fourth-order valence-corrected chi connectivity index (χ4v) is 4.06. The van der Waals surface area contributed by atoms with Crippen LogP contribution in [0.3, 0.4) is 0 Å². The Labute approximate surface area is 178 Å². The molecule has 152 valence electrons. The van der Waals surface area contributed by atoms with Crippen LogP contribution < -0.4 is 10.2 Å². The molecule has 2 aromatic carbocycles. The molecule has 0 saturated carbocycles. The number of thiocarbonyl (C=S) groups is 1. The number of aromatic nitrogens is 1. The molecule has 0 amide bonds. The summed E-state index contributed by atoms with van der Waals surface area (Å²) in [5.41, 5.74) is 7.12. The Morgan fingerprint density at radius 1 is 1.17 bits per heavy atom. The second kappa shape index (κ2) is 8.29. The predicted molar refractivity (Wildman–Crippen MR) is 128 cm³/mol. The maximum atomic E-state index is 10.5. The van der Waals surface area contributed by atoms with Crippen LogP contribution in [-0.2, 0) is 13.0 Å². The van der Waals surface area contributed by atoms with Crippen molar-refractivity contribution in [1.82, 2.24) is 9.88 Å². The van der Waals surface area contributed by atoms with Gasteiger partial charge < -0.3 is 15.0 Å². The molecule has 0 atom stereocenters. The van der Waals surface area contributed by atoms with E-state index in [1.54, 1.807) is 13.1 Å². The lowest BCUT2D eigenvalue weighted by Gasteiger charge is -2.28. The smallest absolute Gasteiger partial charge is 0.177 e. The van der Waals surface area contributed by atoms with Crippen LogP contribution in [0.25, 0.3) is 16.6 Å². The largest absolute Gasteiger partial charge is 0.507 e. The summed E-state index contributed by atoms with van der Waals surface area (Å²) in [6, 6.07) is 12.0. The van der Waals surface area contributed by atoms with E-state index in [2.05, 4.69) is 62.4 Å². The van der Waals surface area contributed by atoms with E-state index in [0.29, 0.717) is 16.4 Å². The summed E-state index contributed by atoms with van der Waals surface area (Å²) < 4.78 is 2.32. The zero-order valence-corrected chi connectivity index (χ0v) is 18.7. The highest BCUT2D eigenvalue weighted by Gasteiger charge is 2.21. The van der Waals surface area contributed by atoms with Crippen LogP contribution in [0.1, 0.15) is 36.2 Å². The van der Waals surface area contributed by atoms with Gasteiger partial charge in [-0.1, -0.05) is 19.6 Å². The van der Waals surface area contributed by atoms with Gasteiger partial charge in [0.05, 0.1) is 5.70 Å². The average Bonchev–Trinajstić information content (AvgIpc) is 2.97. The first-order valence-electron chi connectivity index (χ1n) is 9.96. The first-order valence-corrected chi connectivity index (χ1v) is 10.4. The quantitative estimate of drug-likeness (QED) is 0.546. The third-order valence-electron chi connectivity index (χ3n) is 5.66. The van der Waals surface area contributed by atoms with Crippen molar-refractivity contribution < 1.29 is 5.11 Å². The van der Waals surface area contributed by atoms with Crippen LogP contribution in [0.2, 0.25) is 0 Å². The summed E-state index contributed by atoms with van der Waals surface area (Å²) in [6.07, 6.45) is 0.881. The Morgan fingerprint density at radius 3 is 2.52 bits per heavy atom. The summed E-state index contributed by atoms with van der Waals surface area (Å²) >= 11 is 5.62. The average molecular weight is 408 g/mol. The summed E-state index contributed by atoms with van der Waals surface area (Å²) in [5, 5.41) is 15.3. The van der Waals surface area contributed by atoms with Gasteiger partial charge in [-0.3, -0.25) is 4.90 Å². The van der Waals surface area contributed by atoms with Crippen LogP contribution in [0.4, 0.5) is 5.69 Å². The van der Waals surface area contributed by atoms with E-state index < -0.39 is 0 Å². The number of anilines is 1. The zero-order valence-electron chi connectivity index (χ0n) is 17.8. The number of phenols is 1. The summed E-state index contributed by atoms with van der Waals surface area (Å²) in [6.45, 7) is 13.8. The third kappa shape index (κ3) is 3.62. The first-order chi connectivity index (χ1) is 13.8. The minimum absolute atomic E-state index is 0.196. The van der Waals surface area contributed by atoms with Crippen molar-refractivity contribution in [2.75, 3.05) is 11.9 Å². The van der Waals surface area contributed by atoms with Gasteiger partial charge in [-0.2, -0.15) is 0 Å². The van der Waals surface area contributed by atoms with Gasteiger partial charge in [0.1, 0.15) is 5.75 Å². The number of aromatic hydroxyl groups is 1. The van der Waals surface area contributed by atoms with Gasteiger partial charge in [-0.15, -0.1) is 0 Å². The number of aryl methyl sites for hydroxylation is 3. The van der Waals surface area contributed by atoms with Crippen molar-refractivity contribution in [2.24, 2.45) is 0 Å². The van der Waals surface area contributed by atoms with E-state index in [-0.39, 0.29) is 5.75 Å². The Morgan fingerprint density at radius 2 is 1.90 bits per heavy atom. The van der Waals surface area contributed by atoms with Crippen LogP contribution in [0, 0.1) is 13.8 Å². The second-order valence-corrected chi connectivity index (χ2v) is 7.59.